The number of furan rings is 1. The molecule has 0 aromatic carbocycles. The number of amides is 2. The summed E-state index contributed by atoms with van der Waals surface area (Å²) in [4.78, 5) is 29.8. The highest BCUT2D eigenvalue weighted by Gasteiger charge is 2.33. The lowest BCUT2D eigenvalue weighted by atomic mass is 9.93. The maximum absolute atomic E-state index is 12.6. The minimum atomic E-state index is -4.54. The second-order valence-corrected chi connectivity index (χ2v) is 7.47. The number of nitrogens with one attached hydrogen (secondary N) is 2. The van der Waals surface area contributed by atoms with Gasteiger partial charge in [-0.25, -0.2) is 0 Å². The van der Waals surface area contributed by atoms with Gasteiger partial charge in [-0.15, -0.1) is 0 Å². The number of aromatic amines is 1. The maximum Gasteiger partial charge on any atom is 0.433 e. The second-order valence-electron chi connectivity index (χ2n) is 7.47. The van der Waals surface area contributed by atoms with Crippen LogP contribution >= 0.6 is 0 Å². The molecule has 8 nitrogen and oxygen atoms in total. The van der Waals surface area contributed by atoms with Crippen molar-refractivity contribution in [2.24, 2.45) is 0 Å². The van der Waals surface area contributed by atoms with Crippen LogP contribution in [0, 0.1) is 0 Å². The molecular formula is C21H20F3N5O3. The van der Waals surface area contributed by atoms with E-state index in [1.54, 1.807) is 23.1 Å². The van der Waals surface area contributed by atoms with E-state index in [1.165, 1.54) is 6.26 Å². The largest absolute Gasteiger partial charge is 0.467 e. The second kappa shape index (κ2) is 8.85. The number of hydrogen-bond donors (Lipinski definition) is 2. The number of rotatable bonds is 5. The van der Waals surface area contributed by atoms with E-state index in [2.05, 4.69) is 20.5 Å². The Morgan fingerprint density at radius 2 is 2.00 bits per heavy atom. The van der Waals surface area contributed by atoms with Crippen LogP contribution < -0.4 is 5.32 Å². The van der Waals surface area contributed by atoms with Gasteiger partial charge in [0, 0.05) is 30.9 Å². The van der Waals surface area contributed by atoms with Gasteiger partial charge in [0.1, 0.15) is 17.1 Å². The zero-order valence-corrected chi connectivity index (χ0v) is 16.9. The highest BCUT2D eigenvalue weighted by atomic mass is 19.4. The van der Waals surface area contributed by atoms with Crippen molar-refractivity contribution in [2.45, 2.75) is 31.5 Å². The fourth-order valence-corrected chi connectivity index (χ4v) is 3.60. The predicted molar refractivity (Wildman–Crippen MR) is 106 cm³/mol. The molecule has 11 heteroatoms. The first-order valence-electron chi connectivity index (χ1n) is 9.99. The molecule has 32 heavy (non-hydrogen) atoms. The van der Waals surface area contributed by atoms with E-state index < -0.39 is 11.9 Å². The summed E-state index contributed by atoms with van der Waals surface area (Å²) in [5.41, 5.74) is 0.154. The average molecular weight is 447 g/mol. The van der Waals surface area contributed by atoms with Crippen molar-refractivity contribution in [3.05, 3.63) is 71.2 Å². The number of H-pyrrole nitrogens is 1. The first-order valence-corrected chi connectivity index (χ1v) is 9.99. The fourth-order valence-electron chi connectivity index (χ4n) is 3.60. The number of aromatic nitrogens is 3. The molecule has 1 saturated heterocycles. The molecule has 0 aliphatic carbocycles. The number of carbonyl (C=O) groups is 2. The van der Waals surface area contributed by atoms with Crippen molar-refractivity contribution in [3.8, 4) is 0 Å². The predicted octanol–water partition coefficient (Wildman–Crippen LogP) is 3.37. The molecule has 0 unspecified atom stereocenters. The third kappa shape index (κ3) is 4.82. The monoisotopic (exact) mass is 447 g/mol. The molecule has 1 aliphatic rings. The molecule has 0 radical (unpaired) electrons. The van der Waals surface area contributed by atoms with Crippen LogP contribution in [0.2, 0.25) is 0 Å². The lowest BCUT2D eigenvalue weighted by Crippen LogP contribution is -2.38. The third-order valence-corrected chi connectivity index (χ3v) is 5.36. The van der Waals surface area contributed by atoms with Crippen molar-refractivity contribution in [1.82, 2.24) is 25.4 Å². The first kappa shape index (κ1) is 21.6. The quantitative estimate of drug-likeness (QED) is 0.624. The van der Waals surface area contributed by atoms with E-state index >= 15 is 0 Å². The highest BCUT2D eigenvalue weighted by Crippen LogP contribution is 2.29. The van der Waals surface area contributed by atoms with Crippen molar-refractivity contribution in [3.63, 3.8) is 0 Å². The SMILES string of the molecule is O=C(NCc1ccco1)c1cc(C2CCN(C(=O)c3ccc(C(F)(F)F)nc3)CC2)[nH]n1. The summed E-state index contributed by atoms with van der Waals surface area (Å²) in [6, 6.07) is 7.14. The molecular weight excluding hydrogens is 427 g/mol. The van der Waals surface area contributed by atoms with Crippen LogP contribution in [0.1, 0.15) is 56.8 Å². The summed E-state index contributed by atoms with van der Waals surface area (Å²) in [5, 5.41) is 9.69. The topological polar surface area (TPSA) is 104 Å². The molecule has 4 rings (SSSR count). The molecule has 168 valence electrons. The van der Waals surface area contributed by atoms with E-state index in [4.69, 9.17) is 4.42 Å². The molecule has 3 aromatic rings. The molecule has 4 heterocycles. The van der Waals surface area contributed by atoms with Crippen LogP contribution in [0.15, 0.2) is 47.2 Å². The van der Waals surface area contributed by atoms with Gasteiger partial charge in [-0.1, -0.05) is 0 Å². The van der Waals surface area contributed by atoms with Gasteiger partial charge in [0.2, 0.25) is 0 Å². The summed E-state index contributed by atoms with van der Waals surface area (Å²) in [6.07, 6.45) is -0.789. The average Bonchev–Trinajstić information content (AvgIpc) is 3.49. The number of piperidine rings is 1. The third-order valence-electron chi connectivity index (χ3n) is 5.36. The Morgan fingerprint density at radius 1 is 1.22 bits per heavy atom. The highest BCUT2D eigenvalue weighted by molar-refractivity contribution is 5.94. The minimum Gasteiger partial charge on any atom is -0.467 e. The number of halogens is 3. The summed E-state index contributed by atoms with van der Waals surface area (Å²) in [6.45, 7) is 1.13. The zero-order chi connectivity index (χ0) is 22.7. The molecule has 0 bridgehead atoms. The van der Waals surface area contributed by atoms with Gasteiger partial charge < -0.3 is 14.6 Å². The van der Waals surface area contributed by atoms with E-state index in [1.807, 2.05) is 0 Å². The van der Waals surface area contributed by atoms with E-state index in [-0.39, 0.29) is 35.5 Å². The summed E-state index contributed by atoms with van der Waals surface area (Å²) in [5.74, 6) is 0.0388. The van der Waals surface area contributed by atoms with Gasteiger partial charge >= 0.3 is 6.18 Å². The molecule has 2 amide bonds. The van der Waals surface area contributed by atoms with Crippen molar-refractivity contribution in [2.75, 3.05) is 13.1 Å². The van der Waals surface area contributed by atoms with Gasteiger partial charge in [-0.2, -0.15) is 18.3 Å². The number of likely N-dealkylation sites (tertiary alicyclic amines) is 1. The van der Waals surface area contributed by atoms with Gasteiger partial charge in [0.05, 0.1) is 18.4 Å². The molecule has 1 aliphatic heterocycles. The number of pyridine rings is 1. The molecule has 0 atom stereocenters. The Morgan fingerprint density at radius 3 is 2.62 bits per heavy atom. The molecule has 1 fully saturated rings. The molecule has 0 spiro atoms. The summed E-state index contributed by atoms with van der Waals surface area (Å²) in [7, 11) is 0. The van der Waals surface area contributed by atoms with Gasteiger partial charge in [0.25, 0.3) is 11.8 Å². The van der Waals surface area contributed by atoms with E-state index in [0.29, 0.717) is 31.7 Å². The van der Waals surface area contributed by atoms with Gasteiger partial charge in [0.15, 0.2) is 0 Å². The minimum absolute atomic E-state index is 0.0869. The number of hydrogen-bond acceptors (Lipinski definition) is 5. The van der Waals surface area contributed by atoms with Gasteiger partial charge in [-0.3, -0.25) is 19.7 Å². The van der Waals surface area contributed by atoms with E-state index in [0.717, 1.165) is 24.0 Å². The Balaban J connectivity index is 1.31. The van der Waals surface area contributed by atoms with Crippen LogP contribution in [0.5, 0.6) is 0 Å². The van der Waals surface area contributed by atoms with Crippen molar-refractivity contribution < 1.29 is 27.2 Å². The van der Waals surface area contributed by atoms with Crippen LogP contribution in [-0.2, 0) is 12.7 Å². The van der Waals surface area contributed by atoms with Crippen molar-refractivity contribution in [1.29, 1.82) is 0 Å². The molecule has 3 aromatic heterocycles. The summed E-state index contributed by atoms with van der Waals surface area (Å²) < 4.78 is 43.1. The number of alkyl halides is 3. The standard InChI is InChI=1S/C21H20F3N5O3/c22-21(23,24)18-4-3-14(11-25-18)20(31)29-7-5-13(6-8-29)16-10-17(28-27-16)19(30)26-12-15-2-1-9-32-15/h1-4,9-11,13H,5-8,12H2,(H,26,30)(H,27,28). The smallest absolute Gasteiger partial charge is 0.433 e. The normalized spacial score (nSPS) is 15.0. The lowest BCUT2D eigenvalue weighted by Gasteiger charge is -2.31. The van der Waals surface area contributed by atoms with Crippen LogP contribution in [0.4, 0.5) is 13.2 Å². The Hall–Kier alpha value is -3.63. The number of carbonyl (C=O) groups excluding carboxylic acids is 2. The van der Waals surface area contributed by atoms with Crippen LogP contribution in [-0.4, -0.2) is 45.0 Å². The van der Waals surface area contributed by atoms with Crippen LogP contribution in [0.3, 0.4) is 0 Å². The van der Waals surface area contributed by atoms with E-state index in [9.17, 15) is 22.8 Å². The van der Waals surface area contributed by atoms with Gasteiger partial charge in [-0.05, 0) is 43.2 Å². The zero-order valence-electron chi connectivity index (χ0n) is 16.9. The fraction of sp³-hybridized carbons (Fsp3) is 0.333. The van der Waals surface area contributed by atoms with Crippen molar-refractivity contribution >= 4 is 11.8 Å². The Labute approximate surface area is 180 Å². The first-order chi connectivity index (χ1) is 15.3. The summed E-state index contributed by atoms with van der Waals surface area (Å²) >= 11 is 0. The van der Waals surface area contributed by atoms with Crippen LogP contribution in [0.25, 0.3) is 0 Å². The molecule has 2 N–H and O–H groups in total. The maximum atomic E-state index is 12.6. The lowest BCUT2D eigenvalue weighted by molar-refractivity contribution is -0.141. The molecule has 0 saturated carbocycles. The number of nitrogens with zero attached hydrogens (tertiary/aromatic N) is 3. The Kier molecular flexibility index (Phi) is 5.97. The Bertz CT molecular complexity index is 1070.